The van der Waals surface area contributed by atoms with Gasteiger partial charge in [0.05, 0.1) is 4.90 Å². The predicted molar refractivity (Wildman–Crippen MR) is 78.4 cm³/mol. The van der Waals surface area contributed by atoms with Crippen molar-refractivity contribution >= 4 is 26.0 Å². The lowest BCUT2D eigenvalue weighted by atomic mass is 9.86. The molecular formula is C13H19BrFNO2S. The standard InChI is InChI=1S/C13H19BrFNO2S/c1-13(2,3)12(8-9-14)16-19(17,18)11-6-4-10(15)5-7-11/h4-7,12,16H,8-9H2,1-3H3. The van der Waals surface area contributed by atoms with E-state index in [2.05, 4.69) is 20.7 Å². The number of hydrogen-bond donors (Lipinski definition) is 1. The van der Waals surface area contributed by atoms with Gasteiger partial charge >= 0.3 is 0 Å². The molecule has 0 saturated carbocycles. The van der Waals surface area contributed by atoms with E-state index in [0.29, 0.717) is 11.8 Å². The SMILES string of the molecule is CC(C)(C)C(CCBr)NS(=O)(=O)c1ccc(F)cc1. The van der Waals surface area contributed by atoms with Crippen molar-refractivity contribution in [1.29, 1.82) is 0 Å². The molecule has 1 rings (SSSR count). The largest absolute Gasteiger partial charge is 0.240 e. The van der Waals surface area contributed by atoms with Gasteiger partial charge in [0.15, 0.2) is 0 Å². The van der Waals surface area contributed by atoms with Crippen molar-refractivity contribution in [1.82, 2.24) is 4.72 Å². The number of rotatable bonds is 5. The van der Waals surface area contributed by atoms with Crippen LogP contribution in [0.1, 0.15) is 27.2 Å². The van der Waals surface area contributed by atoms with Crippen LogP contribution in [-0.4, -0.2) is 19.8 Å². The Bertz CT molecular complexity index is 508. The maximum absolute atomic E-state index is 12.8. The van der Waals surface area contributed by atoms with Crippen LogP contribution in [0.5, 0.6) is 0 Å². The van der Waals surface area contributed by atoms with Gasteiger partial charge in [-0.25, -0.2) is 17.5 Å². The summed E-state index contributed by atoms with van der Waals surface area (Å²) in [5.74, 6) is -0.452. The Morgan fingerprint density at radius 2 is 1.79 bits per heavy atom. The third kappa shape index (κ3) is 4.85. The van der Waals surface area contributed by atoms with E-state index in [0.717, 1.165) is 12.1 Å². The van der Waals surface area contributed by atoms with Crippen molar-refractivity contribution in [2.45, 2.75) is 38.1 Å². The Hall–Kier alpha value is -0.460. The Balaban J connectivity index is 2.97. The highest BCUT2D eigenvalue weighted by molar-refractivity contribution is 9.09. The third-order valence-corrected chi connectivity index (χ3v) is 4.81. The summed E-state index contributed by atoms with van der Waals surface area (Å²) < 4.78 is 40.0. The fraction of sp³-hybridized carbons (Fsp3) is 0.538. The second-order valence-electron chi connectivity index (χ2n) is 5.47. The van der Waals surface area contributed by atoms with Crippen LogP contribution >= 0.6 is 15.9 Å². The van der Waals surface area contributed by atoms with Crippen LogP contribution < -0.4 is 4.72 Å². The molecule has 19 heavy (non-hydrogen) atoms. The lowest BCUT2D eigenvalue weighted by molar-refractivity contribution is 0.293. The van der Waals surface area contributed by atoms with Gasteiger partial charge in [0.25, 0.3) is 0 Å². The van der Waals surface area contributed by atoms with Crippen LogP contribution in [0.25, 0.3) is 0 Å². The van der Waals surface area contributed by atoms with E-state index in [4.69, 9.17) is 0 Å². The van der Waals surface area contributed by atoms with E-state index >= 15 is 0 Å². The second kappa shape index (κ2) is 6.33. The molecule has 0 amide bonds. The minimum atomic E-state index is -3.62. The third-order valence-electron chi connectivity index (χ3n) is 2.86. The summed E-state index contributed by atoms with van der Waals surface area (Å²) in [5.41, 5.74) is -0.194. The predicted octanol–water partition coefficient (Wildman–Crippen LogP) is 3.30. The summed E-state index contributed by atoms with van der Waals surface area (Å²) in [5, 5.41) is 0.709. The van der Waals surface area contributed by atoms with Gasteiger partial charge in [-0.15, -0.1) is 0 Å². The molecule has 0 fully saturated rings. The monoisotopic (exact) mass is 351 g/mol. The molecule has 108 valence electrons. The fourth-order valence-electron chi connectivity index (χ4n) is 1.65. The van der Waals surface area contributed by atoms with Gasteiger partial charge in [-0.05, 0) is 36.1 Å². The molecule has 1 aromatic rings. The zero-order valence-electron chi connectivity index (χ0n) is 11.3. The molecule has 0 aliphatic carbocycles. The maximum atomic E-state index is 12.8. The molecule has 1 aromatic carbocycles. The molecule has 1 atom stereocenters. The Morgan fingerprint density at radius 1 is 1.26 bits per heavy atom. The van der Waals surface area contributed by atoms with Crippen molar-refractivity contribution in [2.75, 3.05) is 5.33 Å². The van der Waals surface area contributed by atoms with Crippen molar-refractivity contribution in [3.05, 3.63) is 30.1 Å². The van der Waals surface area contributed by atoms with E-state index in [1.807, 2.05) is 20.8 Å². The quantitative estimate of drug-likeness (QED) is 0.827. The number of halogens is 2. The van der Waals surface area contributed by atoms with Crippen molar-refractivity contribution in [3.63, 3.8) is 0 Å². The minimum Gasteiger partial charge on any atom is -0.208 e. The van der Waals surface area contributed by atoms with E-state index in [1.165, 1.54) is 12.1 Å². The first-order valence-electron chi connectivity index (χ1n) is 6.00. The van der Waals surface area contributed by atoms with Crippen LogP contribution in [0.2, 0.25) is 0 Å². The number of hydrogen-bond acceptors (Lipinski definition) is 2. The second-order valence-corrected chi connectivity index (χ2v) is 7.98. The summed E-state index contributed by atoms with van der Waals surface area (Å²) in [7, 11) is -3.62. The summed E-state index contributed by atoms with van der Waals surface area (Å²) in [4.78, 5) is 0.0812. The molecule has 0 radical (unpaired) electrons. The molecule has 1 unspecified atom stereocenters. The van der Waals surface area contributed by atoms with E-state index < -0.39 is 15.8 Å². The molecule has 0 saturated heterocycles. The topological polar surface area (TPSA) is 46.2 Å². The van der Waals surface area contributed by atoms with E-state index in [9.17, 15) is 12.8 Å². The van der Waals surface area contributed by atoms with Gasteiger partial charge in [0.2, 0.25) is 10.0 Å². The number of nitrogens with one attached hydrogen (secondary N) is 1. The first kappa shape index (κ1) is 16.6. The molecule has 0 spiro atoms. The highest BCUT2D eigenvalue weighted by Gasteiger charge is 2.29. The summed E-state index contributed by atoms with van der Waals surface area (Å²) in [6, 6.07) is 4.63. The molecule has 0 bridgehead atoms. The Morgan fingerprint density at radius 3 is 2.21 bits per heavy atom. The van der Waals surface area contributed by atoms with Crippen LogP contribution in [0.4, 0.5) is 4.39 Å². The van der Waals surface area contributed by atoms with E-state index in [1.54, 1.807) is 0 Å². The van der Waals surface area contributed by atoms with Crippen molar-refractivity contribution < 1.29 is 12.8 Å². The molecule has 1 N–H and O–H groups in total. The van der Waals surface area contributed by atoms with Crippen molar-refractivity contribution in [2.24, 2.45) is 5.41 Å². The van der Waals surface area contributed by atoms with Gasteiger partial charge < -0.3 is 0 Å². The molecule has 0 aliphatic rings. The fourth-order valence-corrected chi connectivity index (χ4v) is 3.58. The number of alkyl halides is 1. The van der Waals surface area contributed by atoms with Gasteiger partial charge in [0, 0.05) is 11.4 Å². The van der Waals surface area contributed by atoms with Crippen molar-refractivity contribution in [3.8, 4) is 0 Å². The smallest absolute Gasteiger partial charge is 0.208 e. The molecule has 0 heterocycles. The molecule has 3 nitrogen and oxygen atoms in total. The first-order chi connectivity index (χ1) is 8.66. The zero-order valence-corrected chi connectivity index (χ0v) is 13.7. The van der Waals surface area contributed by atoms with Crippen LogP contribution in [-0.2, 0) is 10.0 Å². The highest BCUT2D eigenvalue weighted by Crippen LogP contribution is 2.24. The number of benzene rings is 1. The average Bonchev–Trinajstić information content (AvgIpc) is 2.27. The normalized spacial score (nSPS) is 14.4. The Labute approximate surface area is 122 Å². The van der Waals surface area contributed by atoms with Gasteiger partial charge in [-0.2, -0.15) is 0 Å². The maximum Gasteiger partial charge on any atom is 0.240 e. The molecule has 6 heteroatoms. The first-order valence-corrected chi connectivity index (χ1v) is 8.61. The van der Waals surface area contributed by atoms with Gasteiger partial charge in [0.1, 0.15) is 5.82 Å². The van der Waals surface area contributed by atoms with E-state index in [-0.39, 0.29) is 16.4 Å². The minimum absolute atomic E-state index is 0.0812. The van der Waals surface area contributed by atoms with Crippen LogP contribution in [0, 0.1) is 11.2 Å². The highest BCUT2D eigenvalue weighted by atomic mass is 79.9. The summed E-state index contributed by atoms with van der Waals surface area (Å²) in [6.45, 7) is 5.94. The van der Waals surface area contributed by atoms with Crippen LogP contribution in [0.3, 0.4) is 0 Å². The van der Waals surface area contributed by atoms with Crippen LogP contribution in [0.15, 0.2) is 29.2 Å². The lowest BCUT2D eigenvalue weighted by Crippen LogP contribution is -2.43. The molecule has 0 aliphatic heterocycles. The summed E-state index contributed by atoms with van der Waals surface area (Å²) >= 11 is 3.33. The van der Waals surface area contributed by atoms with Gasteiger partial charge in [-0.3, -0.25) is 0 Å². The molecule has 0 aromatic heterocycles. The average molecular weight is 352 g/mol. The molecular weight excluding hydrogens is 333 g/mol. The lowest BCUT2D eigenvalue weighted by Gasteiger charge is -2.30. The number of sulfonamides is 1. The van der Waals surface area contributed by atoms with Gasteiger partial charge in [-0.1, -0.05) is 36.7 Å². The zero-order chi connectivity index (χ0) is 14.7. The Kier molecular flexibility index (Phi) is 5.53. The summed E-state index contributed by atoms with van der Waals surface area (Å²) in [6.07, 6.45) is 0.684.